The van der Waals surface area contributed by atoms with Crippen LogP contribution < -0.4 is 0 Å². The Hall–Kier alpha value is -1.86. The standard InChI is InChI=1S/C32H44N2O2/c1-4-36-19-22-6-8-25-23(16-22)7-10-28-27(25)13-14-32(3)29(11-12-30(28)32)20(2)34-18-24-15-21(17-33)5-9-26(24)31(34)35/h5,9,15,20,22-23,25,27-30H,4,6-8,10-14,16,18-19H2,1-3H3. The Balaban J connectivity index is 1.15. The molecule has 4 heteroatoms. The Morgan fingerprint density at radius 3 is 2.75 bits per heavy atom. The fourth-order valence-corrected chi connectivity index (χ4v) is 10.2. The average Bonchev–Trinajstić information content (AvgIpc) is 3.43. The zero-order chi connectivity index (χ0) is 25.0. The van der Waals surface area contributed by atoms with Gasteiger partial charge >= 0.3 is 0 Å². The summed E-state index contributed by atoms with van der Waals surface area (Å²) in [5, 5.41) is 9.31. The number of amides is 1. The third-order valence-electron chi connectivity index (χ3n) is 11.8. The van der Waals surface area contributed by atoms with Gasteiger partial charge in [0, 0.05) is 31.4 Å². The molecule has 1 amide bonds. The van der Waals surface area contributed by atoms with Gasteiger partial charge in [-0.3, -0.25) is 4.79 Å². The zero-order valence-electron chi connectivity index (χ0n) is 22.5. The summed E-state index contributed by atoms with van der Waals surface area (Å²) in [5.74, 6) is 6.09. The molecular formula is C32H44N2O2. The molecule has 1 aliphatic heterocycles. The van der Waals surface area contributed by atoms with Crippen LogP contribution in [0, 0.1) is 58.2 Å². The van der Waals surface area contributed by atoms with Gasteiger partial charge in [0.15, 0.2) is 0 Å². The van der Waals surface area contributed by atoms with Gasteiger partial charge in [0.1, 0.15) is 0 Å². The number of nitriles is 1. The first kappa shape index (κ1) is 24.5. The van der Waals surface area contributed by atoms with Gasteiger partial charge < -0.3 is 9.64 Å². The van der Waals surface area contributed by atoms with E-state index >= 15 is 0 Å². The third-order valence-corrected chi connectivity index (χ3v) is 11.8. The molecule has 9 unspecified atom stereocenters. The van der Waals surface area contributed by atoms with Gasteiger partial charge in [-0.05, 0) is 142 Å². The van der Waals surface area contributed by atoms with Crippen LogP contribution in [0.4, 0.5) is 0 Å². The molecule has 0 spiro atoms. The Kier molecular flexibility index (Phi) is 6.43. The van der Waals surface area contributed by atoms with Gasteiger partial charge in [-0.15, -0.1) is 0 Å². The number of fused-ring (bicyclic) bond motifs is 6. The van der Waals surface area contributed by atoms with E-state index in [1.54, 1.807) is 6.07 Å². The van der Waals surface area contributed by atoms with E-state index in [1.807, 2.05) is 12.1 Å². The number of rotatable bonds is 5. The minimum absolute atomic E-state index is 0.173. The molecule has 1 aromatic rings. The fourth-order valence-electron chi connectivity index (χ4n) is 10.2. The van der Waals surface area contributed by atoms with Crippen molar-refractivity contribution < 1.29 is 9.53 Å². The number of carbonyl (C=O) groups excluding carboxylic acids is 1. The molecule has 1 heterocycles. The second-order valence-electron chi connectivity index (χ2n) is 13.2. The minimum Gasteiger partial charge on any atom is -0.381 e. The van der Waals surface area contributed by atoms with Crippen molar-refractivity contribution in [1.82, 2.24) is 4.90 Å². The summed E-state index contributed by atoms with van der Waals surface area (Å²) in [7, 11) is 0. The van der Waals surface area contributed by atoms with Gasteiger partial charge in [0.05, 0.1) is 11.6 Å². The third kappa shape index (κ3) is 3.84. The molecule has 36 heavy (non-hydrogen) atoms. The molecule has 0 aromatic heterocycles. The van der Waals surface area contributed by atoms with Crippen LogP contribution in [0.5, 0.6) is 0 Å². The second-order valence-corrected chi connectivity index (χ2v) is 13.2. The number of carbonyl (C=O) groups is 1. The molecule has 0 N–H and O–H groups in total. The van der Waals surface area contributed by atoms with Crippen LogP contribution in [0.1, 0.15) is 100 Å². The first-order valence-corrected chi connectivity index (χ1v) is 14.9. The average molecular weight is 489 g/mol. The van der Waals surface area contributed by atoms with Crippen molar-refractivity contribution in [2.24, 2.45) is 46.8 Å². The van der Waals surface area contributed by atoms with Crippen molar-refractivity contribution in [2.45, 2.75) is 91.1 Å². The smallest absolute Gasteiger partial charge is 0.254 e. The van der Waals surface area contributed by atoms with Crippen LogP contribution >= 0.6 is 0 Å². The highest BCUT2D eigenvalue weighted by molar-refractivity contribution is 5.98. The lowest BCUT2D eigenvalue weighted by molar-refractivity contribution is -0.0794. The number of nitrogens with zero attached hydrogens (tertiary/aromatic N) is 2. The van der Waals surface area contributed by atoms with Crippen LogP contribution in [0.2, 0.25) is 0 Å². The predicted octanol–water partition coefficient (Wildman–Crippen LogP) is 6.82. The van der Waals surface area contributed by atoms with E-state index in [0.717, 1.165) is 59.8 Å². The van der Waals surface area contributed by atoms with Crippen molar-refractivity contribution in [1.29, 1.82) is 5.26 Å². The second kappa shape index (κ2) is 9.46. The molecule has 0 radical (unpaired) electrons. The van der Waals surface area contributed by atoms with Gasteiger partial charge in [-0.2, -0.15) is 5.26 Å². The molecule has 6 rings (SSSR count). The SMILES string of the molecule is CCOCC1CCC2C(CCC3C2CCC2(C)C3CCC2C(C)N2Cc3cc(C#N)ccc3C2=O)C1. The lowest BCUT2D eigenvalue weighted by Crippen LogP contribution is -2.51. The number of benzene rings is 1. The summed E-state index contributed by atoms with van der Waals surface area (Å²) in [6.45, 7) is 9.52. The van der Waals surface area contributed by atoms with Crippen molar-refractivity contribution >= 4 is 5.91 Å². The maximum atomic E-state index is 13.4. The highest BCUT2D eigenvalue weighted by atomic mass is 16.5. The normalized spacial score (nSPS) is 40.1. The molecule has 1 aromatic carbocycles. The zero-order valence-corrected chi connectivity index (χ0v) is 22.5. The minimum atomic E-state index is 0.173. The number of hydrogen-bond acceptors (Lipinski definition) is 3. The van der Waals surface area contributed by atoms with E-state index in [2.05, 4.69) is 31.7 Å². The van der Waals surface area contributed by atoms with E-state index in [-0.39, 0.29) is 11.9 Å². The lowest BCUT2D eigenvalue weighted by atomic mass is 9.49. The summed E-state index contributed by atoms with van der Waals surface area (Å²) in [5.41, 5.74) is 2.85. The highest BCUT2D eigenvalue weighted by Gasteiger charge is 2.58. The van der Waals surface area contributed by atoms with Crippen molar-refractivity contribution in [2.75, 3.05) is 13.2 Å². The number of ether oxygens (including phenoxy) is 1. The van der Waals surface area contributed by atoms with Crippen molar-refractivity contribution in [3.63, 3.8) is 0 Å². The summed E-state index contributed by atoms with van der Waals surface area (Å²) >= 11 is 0. The predicted molar refractivity (Wildman–Crippen MR) is 141 cm³/mol. The van der Waals surface area contributed by atoms with Gasteiger partial charge in [0.25, 0.3) is 5.91 Å². The van der Waals surface area contributed by atoms with Crippen LogP contribution in [0.25, 0.3) is 0 Å². The molecule has 0 saturated heterocycles. The van der Waals surface area contributed by atoms with Crippen LogP contribution in [0.3, 0.4) is 0 Å². The molecule has 194 valence electrons. The topological polar surface area (TPSA) is 53.3 Å². The molecular weight excluding hydrogens is 444 g/mol. The van der Waals surface area contributed by atoms with Crippen LogP contribution in [-0.4, -0.2) is 30.1 Å². The largest absolute Gasteiger partial charge is 0.381 e. The molecule has 0 bridgehead atoms. The Morgan fingerprint density at radius 2 is 1.94 bits per heavy atom. The molecule has 4 saturated carbocycles. The van der Waals surface area contributed by atoms with E-state index in [4.69, 9.17) is 4.74 Å². The van der Waals surface area contributed by atoms with E-state index in [1.165, 1.54) is 57.8 Å². The van der Waals surface area contributed by atoms with E-state index < -0.39 is 0 Å². The maximum absolute atomic E-state index is 13.4. The molecule has 4 aliphatic carbocycles. The van der Waals surface area contributed by atoms with Crippen molar-refractivity contribution in [3.05, 3.63) is 34.9 Å². The molecule has 4 nitrogen and oxygen atoms in total. The monoisotopic (exact) mass is 488 g/mol. The summed E-state index contributed by atoms with van der Waals surface area (Å²) in [6, 6.07) is 8.08. The van der Waals surface area contributed by atoms with Crippen LogP contribution in [0.15, 0.2) is 18.2 Å². The van der Waals surface area contributed by atoms with Gasteiger partial charge in [-0.1, -0.05) is 6.92 Å². The van der Waals surface area contributed by atoms with Gasteiger partial charge in [-0.25, -0.2) is 0 Å². The lowest BCUT2D eigenvalue weighted by Gasteiger charge is -2.57. The number of hydrogen-bond donors (Lipinski definition) is 0. The molecule has 9 atom stereocenters. The maximum Gasteiger partial charge on any atom is 0.254 e. The first-order chi connectivity index (χ1) is 17.4. The fraction of sp³-hybridized carbons (Fsp3) is 0.750. The van der Waals surface area contributed by atoms with Crippen molar-refractivity contribution in [3.8, 4) is 6.07 Å². The quantitative estimate of drug-likeness (QED) is 0.457. The highest BCUT2D eigenvalue weighted by Crippen LogP contribution is 2.65. The Labute approximate surface area is 217 Å². The Morgan fingerprint density at radius 1 is 1.11 bits per heavy atom. The molecule has 5 aliphatic rings. The Bertz CT molecular complexity index is 1050. The first-order valence-electron chi connectivity index (χ1n) is 14.9. The summed E-state index contributed by atoms with van der Waals surface area (Å²) in [6.07, 6.45) is 12.4. The van der Waals surface area contributed by atoms with E-state index in [9.17, 15) is 10.1 Å². The van der Waals surface area contributed by atoms with Crippen LogP contribution in [-0.2, 0) is 11.3 Å². The van der Waals surface area contributed by atoms with Gasteiger partial charge in [0.2, 0.25) is 0 Å². The summed E-state index contributed by atoms with van der Waals surface area (Å²) in [4.78, 5) is 15.5. The summed E-state index contributed by atoms with van der Waals surface area (Å²) < 4.78 is 5.80. The van der Waals surface area contributed by atoms with E-state index in [0.29, 0.717) is 23.4 Å². The molecule has 4 fully saturated rings.